The Morgan fingerprint density at radius 1 is 1.17 bits per heavy atom. The van der Waals surface area contributed by atoms with Crippen LogP contribution in [0.1, 0.15) is 0 Å². The summed E-state index contributed by atoms with van der Waals surface area (Å²) in [5, 5.41) is 0. The molecule has 0 fully saturated rings. The molecule has 1 aromatic heterocycles. The molecule has 0 bridgehead atoms. The van der Waals surface area contributed by atoms with Gasteiger partial charge < -0.3 is 9.47 Å². The van der Waals surface area contributed by atoms with Crippen molar-refractivity contribution in [2.45, 2.75) is 0 Å². The van der Waals surface area contributed by atoms with E-state index in [0.29, 0.717) is 16.3 Å². The first-order valence-electron chi connectivity index (χ1n) is 5.19. The molecule has 6 heteroatoms. The molecule has 0 aliphatic rings. The second-order valence-corrected chi connectivity index (χ2v) is 3.94. The van der Waals surface area contributed by atoms with Gasteiger partial charge in [-0.2, -0.15) is 0 Å². The second-order valence-electron chi connectivity index (χ2n) is 3.55. The highest BCUT2D eigenvalue weighted by Crippen LogP contribution is 2.24. The van der Waals surface area contributed by atoms with Crippen LogP contribution in [0.4, 0.5) is 0 Å². The number of benzene rings is 1. The van der Waals surface area contributed by atoms with Gasteiger partial charge in [-0.15, -0.1) is 0 Å². The first kappa shape index (κ1) is 12.4. The lowest BCUT2D eigenvalue weighted by molar-refractivity contribution is 0.394. The molecular weight excluding hydrogens is 252 g/mol. The number of H-pyrrole nitrogens is 1. The van der Waals surface area contributed by atoms with Crippen LogP contribution >= 0.6 is 12.2 Å². The smallest absolute Gasteiger partial charge is 0.251 e. The number of nitrogens with one attached hydrogen (secondary N) is 1. The van der Waals surface area contributed by atoms with Gasteiger partial charge in [-0.3, -0.25) is 14.3 Å². The lowest BCUT2D eigenvalue weighted by Crippen LogP contribution is -2.09. The molecule has 0 saturated heterocycles. The summed E-state index contributed by atoms with van der Waals surface area (Å²) in [6, 6.07) is 6.77. The predicted octanol–water partition coefficient (Wildman–Crippen LogP) is 1.91. The topological polar surface area (TPSA) is 56.2 Å². The fourth-order valence-electron chi connectivity index (χ4n) is 1.55. The number of methoxy groups -OCH3 is 2. The number of ether oxygens (including phenoxy) is 2. The van der Waals surface area contributed by atoms with E-state index in [1.54, 1.807) is 43.2 Å². The van der Waals surface area contributed by atoms with Crippen molar-refractivity contribution in [1.29, 1.82) is 0 Å². The minimum atomic E-state index is -0.230. The zero-order valence-corrected chi connectivity index (χ0v) is 10.8. The van der Waals surface area contributed by atoms with Crippen molar-refractivity contribution in [3.8, 4) is 17.2 Å². The van der Waals surface area contributed by atoms with Gasteiger partial charge in [0.05, 0.1) is 19.9 Å². The van der Waals surface area contributed by atoms with E-state index < -0.39 is 0 Å². The molecule has 1 heterocycles. The summed E-state index contributed by atoms with van der Waals surface area (Å²) < 4.78 is 12.4. The number of nitrogens with zero attached hydrogens (tertiary/aromatic N) is 1. The average Bonchev–Trinajstić information content (AvgIpc) is 2.38. The summed E-state index contributed by atoms with van der Waals surface area (Å²) in [5.74, 6) is 1.30. The third kappa shape index (κ3) is 2.43. The summed E-state index contributed by atoms with van der Waals surface area (Å²) in [4.78, 5) is 13.7. The van der Waals surface area contributed by atoms with Crippen molar-refractivity contribution in [2.24, 2.45) is 0 Å². The Kier molecular flexibility index (Phi) is 3.47. The number of rotatable bonds is 3. The number of aromatic nitrogens is 2. The minimum Gasteiger partial charge on any atom is -0.497 e. The average molecular weight is 264 g/mol. The lowest BCUT2D eigenvalue weighted by atomic mass is 10.2. The Morgan fingerprint density at radius 3 is 2.28 bits per heavy atom. The van der Waals surface area contributed by atoms with Crippen molar-refractivity contribution >= 4 is 12.2 Å². The van der Waals surface area contributed by atoms with Gasteiger partial charge in [0.1, 0.15) is 11.5 Å². The molecule has 0 atom stereocenters. The van der Waals surface area contributed by atoms with Gasteiger partial charge in [0, 0.05) is 30.5 Å². The zero-order valence-electron chi connectivity index (χ0n) is 9.97. The maximum absolute atomic E-state index is 11.1. The lowest BCUT2D eigenvalue weighted by Gasteiger charge is -2.10. The van der Waals surface area contributed by atoms with Gasteiger partial charge in [0.25, 0.3) is 5.56 Å². The van der Waals surface area contributed by atoms with Crippen LogP contribution < -0.4 is 15.0 Å². The Morgan fingerprint density at radius 2 is 1.78 bits per heavy atom. The summed E-state index contributed by atoms with van der Waals surface area (Å²) in [6.07, 6.45) is 1.61. The summed E-state index contributed by atoms with van der Waals surface area (Å²) >= 11 is 5.11. The van der Waals surface area contributed by atoms with Gasteiger partial charge in [-0.25, -0.2) is 0 Å². The predicted molar refractivity (Wildman–Crippen MR) is 70.3 cm³/mol. The third-order valence-electron chi connectivity index (χ3n) is 2.44. The van der Waals surface area contributed by atoms with Crippen molar-refractivity contribution in [1.82, 2.24) is 9.55 Å². The molecule has 1 N–H and O–H groups in total. The fourth-order valence-corrected chi connectivity index (χ4v) is 1.82. The molecule has 0 saturated carbocycles. The maximum Gasteiger partial charge on any atom is 0.251 e. The van der Waals surface area contributed by atoms with E-state index in [9.17, 15) is 4.79 Å². The van der Waals surface area contributed by atoms with E-state index in [0.717, 1.165) is 5.69 Å². The molecule has 0 unspecified atom stereocenters. The van der Waals surface area contributed by atoms with Crippen LogP contribution in [0.25, 0.3) is 5.69 Å². The number of hydrogen-bond acceptors (Lipinski definition) is 4. The molecule has 1 aromatic carbocycles. The molecule has 2 aromatic rings. The SMILES string of the molecule is COc1cc(OC)cc(-n2ccc(=O)[nH]c2=S)c1. The quantitative estimate of drug-likeness (QED) is 0.860. The van der Waals surface area contributed by atoms with Crippen molar-refractivity contribution < 1.29 is 9.47 Å². The van der Waals surface area contributed by atoms with Crippen LogP contribution in [0.5, 0.6) is 11.5 Å². The Bertz CT molecular complexity index is 653. The largest absolute Gasteiger partial charge is 0.497 e. The van der Waals surface area contributed by atoms with E-state index >= 15 is 0 Å². The first-order chi connectivity index (χ1) is 8.63. The normalized spacial score (nSPS) is 10.1. The van der Waals surface area contributed by atoms with E-state index in [1.165, 1.54) is 6.07 Å². The summed E-state index contributed by atoms with van der Waals surface area (Å²) in [5.41, 5.74) is 0.526. The van der Waals surface area contributed by atoms with Crippen molar-refractivity contribution in [3.63, 3.8) is 0 Å². The highest BCUT2D eigenvalue weighted by atomic mass is 32.1. The highest BCUT2D eigenvalue weighted by molar-refractivity contribution is 7.71. The number of hydrogen-bond donors (Lipinski definition) is 1. The monoisotopic (exact) mass is 264 g/mol. The van der Waals surface area contributed by atoms with Crippen molar-refractivity contribution in [3.05, 3.63) is 45.6 Å². The Balaban J connectivity index is 2.62. The van der Waals surface area contributed by atoms with Gasteiger partial charge >= 0.3 is 0 Å². The fraction of sp³-hybridized carbons (Fsp3) is 0.167. The Labute approximate surface area is 109 Å². The van der Waals surface area contributed by atoms with Crippen LogP contribution in [0, 0.1) is 4.77 Å². The van der Waals surface area contributed by atoms with Crippen LogP contribution in [0.3, 0.4) is 0 Å². The molecule has 0 radical (unpaired) electrons. The molecule has 0 spiro atoms. The molecule has 0 aliphatic carbocycles. The van der Waals surface area contributed by atoms with E-state index in [4.69, 9.17) is 21.7 Å². The zero-order chi connectivity index (χ0) is 13.1. The first-order valence-corrected chi connectivity index (χ1v) is 5.60. The molecule has 5 nitrogen and oxygen atoms in total. The molecule has 18 heavy (non-hydrogen) atoms. The van der Waals surface area contributed by atoms with E-state index in [1.807, 2.05) is 0 Å². The minimum absolute atomic E-state index is 0.230. The van der Waals surface area contributed by atoms with E-state index in [-0.39, 0.29) is 5.56 Å². The van der Waals surface area contributed by atoms with Gasteiger partial charge in [0.2, 0.25) is 0 Å². The molecular formula is C12H12N2O3S. The van der Waals surface area contributed by atoms with Gasteiger partial charge in [-0.05, 0) is 12.2 Å². The summed E-state index contributed by atoms with van der Waals surface area (Å²) in [7, 11) is 3.15. The molecule has 2 rings (SSSR count). The van der Waals surface area contributed by atoms with Crippen LogP contribution in [-0.4, -0.2) is 23.8 Å². The van der Waals surface area contributed by atoms with Crippen LogP contribution in [0.15, 0.2) is 35.3 Å². The maximum atomic E-state index is 11.1. The molecule has 94 valence electrons. The third-order valence-corrected chi connectivity index (χ3v) is 2.74. The van der Waals surface area contributed by atoms with Gasteiger partial charge in [-0.1, -0.05) is 0 Å². The summed E-state index contributed by atoms with van der Waals surface area (Å²) in [6.45, 7) is 0. The molecule has 0 amide bonds. The standard InChI is InChI=1S/C12H12N2O3S/c1-16-9-5-8(6-10(7-9)17-2)14-4-3-11(15)13-12(14)18/h3-7H,1-2H3,(H,13,15,18). The molecule has 0 aliphatic heterocycles. The number of aromatic amines is 1. The Hall–Kier alpha value is -2.08. The van der Waals surface area contributed by atoms with E-state index in [2.05, 4.69) is 4.98 Å². The second kappa shape index (κ2) is 5.05. The van der Waals surface area contributed by atoms with Crippen LogP contribution in [0.2, 0.25) is 0 Å². The van der Waals surface area contributed by atoms with Crippen molar-refractivity contribution in [2.75, 3.05) is 14.2 Å². The highest BCUT2D eigenvalue weighted by Gasteiger charge is 2.04. The van der Waals surface area contributed by atoms with Crippen LogP contribution in [-0.2, 0) is 0 Å². The van der Waals surface area contributed by atoms with Gasteiger partial charge in [0.15, 0.2) is 4.77 Å².